The highest BCUT2D eigenvalue weighted by Crippen LogP contribution is 2.18. The maximum Gasteiger partial charge on any atom is 0.280 e. The summed E-state index contributed by atoms with van der Waals surface area (Å²) in [5.74, 6) is -0.399. The van der Waals surface area contributed by atoms with Gasteiger partial charge in [-0.1, -0.05) is 18.2 Å². The van der Waals surface area contributed by atoms with Gasteiger partial charge in [0.25, 0.3) is 5.69 Å². The molecule has 0 aliphatic heterocycles. The number of hydrogen-bond acceptors (Lipinski definition) is 4. The van der Waals surface area contributed by atoms with Gasteiger partial charge in [0.05, 0.1) is 10.5 Å². The quantitative estimate of drug-likeness (QED) is 0.364. The number of carbonyl (C=O) groups excluding carboxylic acids is 1. The molecule has 0 atom stereocenters. The normalized spacial score (nSPS) is 10.5. The first kappa shape index (κ1) is 12.6. The summed E-state index contributed by atoms with van der Waals surface area (Å²) in [5, 5.41) is 10.8. The van der Waals surface area contributed by atoms with Gasteiger partial charge in [-0.3, -0.25) is 19.9 Å². The van der Waals surface area contributed by atoms with Crippen molar-refractivity contribution >= 4 is 17.5 Å². The molecule has 2 rings (SSSR count). The Morgan fingerprint density at radius 1 is 1.16 bits per heavy atom. The Morgan fingerprint density at radius 2 is 1.84 bits per heavy atom. The summed E-state index contributed by atoms with van der Waals surface area (Å²) in [7, 11) is 0. The molecule has 0 N–H and O–H groups in total. The summed E-state index contributed by atoms with van der Waals surface area (Å²) >= 11 is 0. The summed E-state index contributed by atoms with van der Waals surface area (Å²) < 4.78 is 0. The molecule has 1 aromatic carbocycles. The summed E-state index contributed by atoms with van der Waals surface area (Å²) in [6.45, 7) is 0. The van der Waals surface area contributed by atoms with Gasteiger partial charge in [-0.2, -0.15) is 0 Å². The number of pyridine rings is 1. The number of aromatic nitrogens is 1. The lowest BCUT2D eigenvalue weighted by atomic mass is 10.1. The fourth-order valence-corrected chi connectivity index (χ4v) is 1.58. The first-order chi connectivity index (χ1) is 9.18. The molecule has 0 aliphatic carbocycles. The highest BCUT2D eigenvalue weighted by atomic mass is 16.6. The van der Waals surface area contributed by atoms with E-state index < -0.39 is 10.7 Å². The zero-order valence-electron chi connectivity index (χ0n) is 9.89. The average Bonchev–Trinajstić information content (AvgIpc) is 2.46. The van der Waals surface area contributed by atoms with Crippen LogP contribution in [0.25, 0.3) is 6.08 Å². The van der Waals surface area contributed by atoms with Gasteiger partial charge in [-0.25, -0.2) is 0 Å². The van der Waals surface area contributed by atoms with Crippen LogP contribution in [0.15, 0.2) is 54.9 Å². The van der Waals surface area contributed by atoms with E-state index in [9.17, 15) is 14.9 Å². The minimum Gasteiger partial charge on any atom is -0.289 e. The van der Waals surface area contributed by atoms with Gasteiger partial charge in [0, 0.05) is 18.5 Å². The highest BCUT2D eigenvalue weighted by molar-refractivity contribution is 6.09. The molecule has 0 unspecified atom stereocenters. The second-order valence-electron chi connectivity index (χ2n) is 3.75. The van der Waals surface area contributed by atoms with E-state index in [1.807, 2.05) is 0 Å². The van der Waals surface area contributed by atoms with E-state index in [-0.39, 0.29) is 11.3 Å². The third kappa shape index (κ3) is 3.10. The Hall–Kier alpha value is -2.82. The number of benzene rings is 1. The monoisotopic (exact) mass is 254 g/mol. The topological polar surface area (TPSA) is 73.1 Å². The Balaban J connectivity index is 2.26. The van der Waals surface area contributed by atoms with Crippen molar-refractivity contribution < 1.29 is 9.72 Å². The van der Waals surface area contributed by atoms with Crippen LogP contribution in [0.4, 0.5) is 5.69 Å². The van der Waals surface area contributed by atoms with Gasteiger partial charge in [-0.15, -0.1) is 0 Å². The van der Waals surface area contributed by atoms with Crippen molar-refractivity contribution in [2.75, 3.05) is 0 Å². The van der Waals surface area contributed by atoms with E-state index in [0.717, 1.165) is 5.56 Å². The van der Waals surface area contributed by atoms with Crippen LogP contribution in [0.2, 0.25) is 0 Å². The first-order valence-electron chi connectivity index (χ1n) is 5.54. The minimum absolute atomic E-state index is 0.0813. The number of para-hydroxylation sites is 1. The Labute approximate surface area is 109 Å². The van der Waals surface area contributed by atoms with Crippen LogP contribution in [0.1, 0.15) is 15.9 Å². The predicted octanol–water partition coefficient (Wildman–Crippen LogP) is 2.89. The standard InChI is InChI=1S/C14H10N2O3/c17-14(6-5-11-7-9-15-10-8-11)12-3-1-2-4-13(12)16(18)19/h1-10H/b6-5+. The lowest BCUT2D eigenvalue weighted by Gasteiger charge is -1.98. The molecule has 5 nitrogen and oxygen atoms in total. The molecule has 1 aromatic heterocycles. The molecule has 0 saturated heterocycles. The number of rotatable bonds is 4. The molecule has 0 aliphatic rings. The van der Waals surface area contributed by atoms with Crippen LogP contribution in [-0.2, 0) is 0 Å². The summed E-state index contributed by atoms with van der Waals surface area (Å²) in [6.07, 6.45) is 6.13. The van der Waals surface area contributed by atoms with Crippen molar-refractivity contribution in [2.45, 2.75) is 0 Å². The Kier molecular flexibility index (Phi) is 3.78. The summed E-state index contributed by atoms with van der Waals surface area (Å²) in [5.41, 5.74) is 0.701. The van der Waals surface area contributed by atoms with E-state index in [0.29, 0.717) is 0 Å². The van der Waals surface area contributed by atoms with Crippen LogP contribution in [-0.4, -0.2) is 15.7 Å². The lowest BCUT2D eigenvalue weighted by Crippen LogP contribution is -2.00. The van der Waals surface area contributed by atoms with Crippen molar-refractivity contribution in [2.24, 2.45) is 0 Å². The van der Waals surface area contributed by atoms with E-state index in [2.05, 4.69) is 4.98 Å². The van der Waals surface area contributed by atoms with Gasteiger partial charge in [0.15, 0.2) is 5.78 Å². The fraction of sp³-hybridized carbons (Fsp3) is 0. The largest absolute Gasteiger partial charge is 0.289 e. The molecule has 0 saturated carbocycles. The van der Waals surface area contributed by atoms with Gasteiger partial charge >= 0.3 is 0 Å². The molecule has 0 amide bonds. The van der Waals surface area contributed by atoms with E-state index >= 15 is 0 Å². The van der Waals surface area contributed by atoms with Crippen LogP contribution >= 0.6 is 0 Å². The smallest absolute Gasteiger partial charge is 0.280 e. The molecular formula is C14H10N2O3. The van der Waals surface area contributed by atoms with Crippen LogP contribution in [0.3, 0.4) is 0 Å². The fourth-order valence-electron chi connectivity index (χ4n) is 1.58. The van der Waals surface area contributed by atoms with Crippen LogP contribution < -0.4 is 0 Å². The third-order valence-corrected chi connectivity index (χ3v) is 2.50. The van der Waals surface area contributed by atoms with Gasteiger partial charge in [0.1, 0.15) is 0 Å². The molecule has 19 heavy (non-hydrogen) atoms. The van der Waals surface area contributed by atoms with Crippen molar-refractivity contribution in [3.8, 4) is 0 Å². The number of hydrogen-bond donors (Lipinski definition) is 0. The molecule has 0 fully saturated rings. The number of nitro groups is 1. The SMILES string of the molecule is O=C(/C=C/c1ccncc1)c1ccccc1[N+](=O)[O-]. The van der Waals surface area contributed by atoms with Crippen LogP contribution in [0, 0.1) is 10.1 Å². The number of allylic oxidation sites excluding steroid dienone is 1. The number of nitrogens with zero attached hydrogens (tertiary/aromatic N) is 2. The zero-order chi connectivity index (χ0) is 13.7. The second-order valence-corrected chi connectivity index (χ2v) is 3.75. The van der Waals surface area contributed by atoms with Crippen molar-refractivity contribution in [3.63, 3.8) is 0 Å². The van der Waals surface area contributed by atoms with Crippen LogP contribution in [0.5, 0.6) is 0 Å². The lowest BCUT2D eigenvalue weighted by molar-refractivity contribution is -0.385. The molecular weight excluding hydrogens is 244 g/mol. The summed E-state index contributed by atoms with van der Waals surface area (Å²) in [6, 6.07) is 9.36. The first-order valence-corrected chi connectivity index (χ1v) is 5.54. The maximum absolute atomic E-state index is 11.9. The van der Waals surface area contributed by atoms with E-state index in [1.54, 1.807) is 36.7 Å². The van der Waals surface area contributed by atoms with Crippen molar-refractivity contribution in [1.29, 1.82) is 0 Å². The average molecular weight is 254 g/mol. The maximum atomic E-state index is 11.9. The number of nitro benzene ring substituents is 1. The van der Waals surface area contributed by atoms with Gasteiger partial charge in [0.2, 0.25) is 0 Å². The molecule has 0 spiro atoms. The summed E-state index contributed by atoms with van der Waals surface area (Å²) in [4.78, 5) is 26.1. The molecule has 94 valence electrons. The third-order valence-electron chi connectivity index (χ3n) is 2.50. The predicted molar refractivity (Wildman–Crippen MR) is 70.7 cm³/mol. The molecule has 2 aromatic rings. The van der Waals surface area contributed by atoms with Gasteiger partial charge in [-0.05, 0) is 29.8 Å². The molecule has 0 radical (unpaired) electrons. The molecule has 0 bridgehead atoms. The number of carbonyl (C=O) groups is 1. The van der Waals surface area contributed by atoms with Crippen molar-refractivity contribution in [1.82, 2.24) is 4.98 Å². The molecule has 5 heteroatoms. The van der Waals surface area contributed by atoms with E-state index in [4.69, 9.17) is 0 Å². The van der Waals surface area contributed by atoms with E-state index in [1.165, 1.54) is 24.3 Å². The Morgan fingerprint density at radius 3 is 2.53 bits per heavy atom. The van der Waals surface area contributed by atoms with Gasteiger partial charge < -0.3 is 0 Å². The second kappa shape index (κ2) is 5.68. The number of ketones is 1. The highest BCUT2D eigenvalue weighted by Gasteiger charge is 2.16. The Bertz CT molecular complexity index is 636. The molecule has 1 heterocycles. The van der Waals surface area contributed by atoms with Crippen molar-refractivity contribution in [3.05, 3.63) is 76.1 Å². The zero-order valence-corrected chi connectivity index (χ0v) is 9.89. The minimum atomic E-state index is -0.562.